The first-order chi connectivity index (χ1) is 9.26. The fourth-order valence-corrected chi connectivity index (χ4v) is 1.70. The number of nitrogens with two attached hydrogens (primary N) is 1. The third-order valence-electron chi connectivity index (χ3n) is 2.74. The quantitative estimate of drug-likeness (QED) is 0.638. The summed E-state index contributed by atoms with van der Waals surface area (Å²) in [7, 11) is 1.63. The second-order valence-corrected chi connectivity index (χ2v) is 3.96. The number of aryl methyl sites for hydroxylation is 1. The van der Waals surface area contributed by atoms with Gasteiger partial charge in [0.05, 0.1) is 7.11 Å². The van der Waals surface area contributed by atoms with Crippen molar-refractivity contribution in [3.05, 3.63) is 42.1 Å². The summed E-state index contributed by atoms with van der Waals surface area (Å²) >= 11 is 0. The number of methoxy groups -OCH3 is 1. The molecule has 0 bridgehead atoms. The Balaban J connectivity index is 2.26. The maximum atomic E-state index is 5.78. The molecule has 1 heterocycles. The summed E-state index contributed by atoms with van der Waals surface area (Å²) in [5, 5.41) is 0. The molecule has 0 amide bonds. The summed E-state index contributed by atoms with van der Waals surface area (Å²) in [4.78, 5) is 4.02. The molecule has 19 heavy (non-hydrogen) atoms. The number of nitrogen functional groups attached to an aromatic ring is 1. The van der Waals surface area contributed by atoms with Crippen molar-refractivity contribution < 1.29 is 9.47 Å². The number of hydrogen-bond donors (Lipinski definition) is 2. The molecule has 1 aromatic heterocycles. The Kier molecular flexibility index (Phi) is 4.20. The Hall–Kier alpha value is -2.27. The van der Waals surface area contributed by atoms with Crippen LogP contribution in [-0.4, -0.2) is 12.1 Å². The molecule has 0 aliphatic heterocycles. The highest BCUT2D eigenvalue weighted by Gasteiger charge is 2.07. The molecule has 3 N–H and O–H groups in total. The maximum absolute atomic E-state index is 5.78. The predicted octanol–water partition coefficient (Wildman–Crippen LogP) is 2.73. The molecule has 1 aromatic carbocycles. The maximum Gasteiger partial charge on any atom is 0.169 e. The number of aromatic nitrogens is 1. The van der Waals surface area contributed by atoms with Gasteiger partial charge in [0.15, 0.2) is 11.5 Å². The number of ether oxygens (including phenoxy) is 2. The van der Waals surface area contributed by atoms with Crippen LogP contribution in [0.1, 0.15) is 12.5 Å². The van der Waals surface area contributed by atoms with Crippen molar-refractivity contribution in [2.75, 3.05) is 12.5 Å². The zero-order chi connectivity index (χ0) is 13.7. The van der Waals surface area contributed by atoms with E-state index in [1.54, 1.807) is 25.4 Å². The molecule has 0 aliphatic rings. The molecule has 2 aromatic rings. The molecule has 0 saturated carbocycles. The Morgan fingerprint density at radius 3 is 2.74 bits per heavy atom. The average molecular weight is 259 g/mol. The van der Waals surface area contributed by atoms with E-state index in [0.29, 0.717) is 23.1 Å². The number of nitrogens with zero attached hydrogens (tertiary/aromatic N) is 1. The summed E-state index contributed by atoms with van der Waals surface area (Å²) in [6, 6.07) is 9.36. The van der Waals surface area contributed by atoms with Gasteiger partial charge in [0.2, 0.25) is 0 Å². The first kappa shape index (κ1) is 13.2. The molecule has 0 saturated heterocycles. The van der Waals surface area contributed by atoms with Crippen molar-refractivity contribution in [2.45, 2.75) is 13.3 Å². The van der Waals surface area contributed by atoms with Crippen LogP contribution in [0.5, 0.6) is 17.2 Å². The van der Waals surface area contributed by atoms with Gasteiger partial charge in [0.1, 0.15) is 11.6 Å². The van der Waals surface area contributed by atoms with Crippen LogP contribution in [0.3, 0.4) is 0 Å². The van der Waals surface area contributed by atoms with Crippen molar-refractivity contribution in [2.24, 2.45) is 5.84 Å². The highest BCUT2D eigenvalue weighted by atomic mass is 16.5. The van der Waals surface area contributed by atoms with Gasteiger partial charge in [0.25, 0.3) is 0 Å². The lowest BCUT2D eigenvalue weighted by atomic mass is 10.1. The minimum absolute atomic E-state index is 0.543. The third kappa shape index (κ3) is 3.14. The van der Waals surface area contributed by atoms with Crippen LogP contribution in [0.25, 0.3) is 0 Å². The van der Waals surface area contributed by atoms with E-state index in [-0.39, 0.29) is 0 Å². The van der Waals surface area contributed by atoms with Crippen LogP contribution in [0.4, 0.5) is 5.82 Å². The van der Waals surface area contributed by atoms with Crippen molar-refractivity contribution in [3.63, 3.8) is 0 Å². The zero-order valence-electron chi connectivity index (χ0n) is 11.0. The molecule has 5 heteroatoms. The third-order valence-corrected chi connectivity index (χ3v) is 2.74. The van der Waals surface area contributed by atoms with Crippen LogP contribution >= 0.6 is 0 Å². The standard InChI is InChI=1S/C14H17N3O2/c1-3-10-4-5-12(13(8-10)18-2)19-11-6-7-16-14(9-11)17-15/h4-9H,3,15H2,1-2H3,(H,16,17). The van der Waals surface area contributed by atoms with E-state index in [9.17, 15) is 0 Å². The predicted molar refractivity (Wildman–Crippen MR) is 74.5 cm³/mol. The smallest absolute Gasteiger partial charge is 0.169 e. The monoisotopic (exact) mass is 259 g/mol. The minimum atomic E-state index is 0.543. The second kappa shape index (κ2) is 6.06. The number of anilines is 1. The summed E-state index contributed by atoms with van der Waals surface area (Å²) in [5.41, 5.74) is 3.68. The summed E-state index contributed by atoms with van der Waals surface area (Å²) in [6.45, 7) is 2.09. The molecule has 5 nitrogen and oxygen atoms in total. The summed E-state index contributed by atoms with van der Waals surface area (Å²) < 4.78 is 11.1. The average Bonchev–Trinajstić information content (AvgIpc) is 2.48. The van der Waals surface area contributed by atoms with Crippen molar-refractivity contribution in [1.82, 2.24) is 4.98 Å². The first-order valence-corrected chi connectivity index (χ1v) is 6.04. The van der Waals surface area contributed by atoms with E-state index >= 15 is 0 Å². The number of hydrogen-bond acceptors (Lipinski definition) is 5. The fraction of sp³-hybridized carbons (Fsp3) is 0.214. The topological polar surface area (TPSA) is 69.4 Å². The second-order valence-electron chi connectivity index (χ2n) is 3.96. The molecule has 100 valence electrons. The summed E-state index contributed by atoms with van der Waals surface area (Å²) in [6.07, 6.45) is 2.57. The Morgan fingerprint density at radius 2 is 2.05 bits per heavy atom. The Morgan fingerprint density at radius 1 is 1.21 bits per heavy atom. The van der Waals surface area contributed by atoms with Gasteiger partial charge in [-0.15, -0.1) is 0 Å². The molecule has 0 radical (unpaired) electrons. The number of pyridine rings is 1. The van der Waals surface area contributed by atoms with Gasteiger partial charge in [-0.05, 0) is 30.2 Å². The van der Waals surface area contributed by atoms with Crippen LogP contribution in [0.2, 0.25) is 0 Å². The van der Waals surface area contributed by atoms with E-state index < -0.39 is 0 Å². The Bertz CT molecular complexity index is 558. The van der Waals surface area contributed by atoms with Crippen LogP contribution in [0.15, 0.2) is 36.5 Å². The van der Waals surface area contributed by atoms with E-state index in [4.69, 9.17) is 15.3 Å². The number of nitrogens with one attached hydrogen (secondary N) is 1. The van der Waals surface area contributed by atoms with Crippen molar-refractivity contribution in [1.29, 1.82) is 0 Å². The van der Waals surface area contributed by atoms with Gasteiger partial charge in [-0.2, -0.15) is 0 Å². The van der Waals surface area contributed by atoms with Crippen molar-refractivity contribution >= 4 is 5.82 Å². The number of benzene rings is 1. The molecule has 0 fully saturated rings. The lowest BCUT2D eigenvalue weighted by Crippen LogP contribution is -2.08. The van der Waals surface area contributed by atoms with Gasteiger partial charge in [-0.25, -0.2) is 10.8 Å². The van der Waals surface area contributed by atoms with E-state index in [2.05, 4.69) is 17.3 Å². The molecule has 0 atom stereocenters. The number of rotatable bonds is 5. The van der Waals surface area contributed by atoms with E-state index in [0.717, 1.165) is 6.42 Å². The Labute approximate surface area is 112 Å². The van der Waals surface area contributed by atoms with Gasteiger partial charge in [-0.1, -0.05) is 13.0 Å². The normalized spacial score (nSPS) is 10.1. The van der Waals surface area contributed by atoms with Gasteiger partial charge >= 0.3 is 0 Å². The highest BCUT2D eigenvalue weighted by Crippen LogP contribution is 2.32. The minimum Gasteiger partial charge on any atom is -0.493 e. The van der Waals surface area contributed by atoms with E-state index in [1.165, 1.54) is 5.56 Å². The SMILES string of the molecule is CCc1ccc(Oc2ccnc(NN)c2)c(OC)c1. The van der Waals surface area contributed by atoms with E-state index in [1.807, 2.05) is 18.2 Å². The molecule has 0 unspecified atom stereocenters. The molecule has 0 spiro atoms. The lowest BCUT2D eigenvalue weighted by Gasteiger charge is -2.12. The van der Waals surface area contributed by atoms with Crippen molar-refractivity contribution in [3.8, 4) is 17.2 Å². The largest absolute Gasteiger partial charge is 0.493 e. The molecule has 2 rings (SSSR count). The van der Waals surface area contributed by atoms with Gasteiger partial charge in [-0.3, -0.25) is 0 Å². The van der Waals surface area contributed by atoms with Crippen LogP contribution < -0.4 is 20.7 Å². The van der Waals surface area contributed by atoms with Crippen LogP contribution in [-0.2, 0) is 6.42 Å². The zero-order valence-corrected chi connectivity index (χ0v) is 11.0. The molecule has 0 aliphatic carbocycles. The summed E-state index contributed by atoms with van der Waals surface area (Å²) in [5.74, 6) is 7.87. The lowest BCUT2D eigenvalue weighted by molar-refractivity contribution is 0.378. The fourth-order valence-electron chi connectivity index (χ4n) is 1.70. The van der Waals surface area contributed by atoms with Gasteiger partial charge < -0.3 is 14.9 Å². The van der Waals surface area contributed by atoms with Gasteiger partial charge in [0, 0.05) is 12.3 Å². The molecular weight excluding hydrogens is 242 g/mol. The number of hydrazine groups is 1. The highest BCUT2D eigenvalue weighted by molar-refractivity contribution is 5.47. The first-order valence-electron chi connectivity index (χ1n) is 6.04. The molecular formula is C14H17N3O2. The van der Waals surface area contributed by atoms with Crippen LogP contribution in [0, 0.1) is 0 Å².